The molecule has 0 spiro atoms. The van der Waals surface area contributed by atoms with E-state index in [0.29, 0.717) is 24.2 Å². The van der Waals surface area contributed by atoms with Crippen molar-refractivity contribution in [2.75, 3.05) is 0 Å². The molecule has 5 atom stereocenters. The molecule has 0 saturated heterocycles. The number of aliphatic hydroxyl groups is 2. The molecule has 3 aliphatic rings. The fourth-order valence-electron chi connectivity index (χ4n) is 5.14. The Hall–Kier alpha value is -1.13. The molecule has 0 bridgehead atoms. The Morgan fingerprint density at radius 1 is 1.32 bits per heavy atom. The summed E-state index contributed by atoms with van der Waals surface area (Å²) in [6.45, 7) is 0. The Labute approximate surface area is 151 Å². The van der Waals surface area contributed by atoms with Crippen molar-refractivity contribution in [1.82, 2.24) is 0 Å². The summed E-state index contributed by atoms with van der Waals surface area (Å²) in [4.78, 5) is 10.8. The molecule has 0 aromatic carbocycles. The van der Waals surface area contributed by atoms with E-state index < -0.39 is 0 Å². The van der Waals surface area contributed by atoms with E-state index in [1.54, 1.807) is 0 Å². The Kier molecular flexibility index (Phi) is 6.34. The van der Waals surface area contributed by atoms with Gasteiger partial charge >= 0.3 is 0 Å². The van der Waals surface area contributed by atoms with Crippen LogP contribution >= 0.6 is 0 Å². The predicted molar refractivity (Wildman–Crippen MR) is 98.6 cm³/mol. The molecule has 0 heterocycles. The average Bonchev–Trinajstić information content (AvgIpc) is 3.26. The van der Waals surface area contributed by atoms with Crippen LogP contribution in [0.3, 0.4) is 0 Å². The number of amides is 1. The van der Waals surface area contributed by atoms with Gasteiger partial charge in [0.25, 0.3) is 0 Å². The van der Waals surface area contributed by atoms with Crippen LogP contribution in [0.2, 0.25) is 0 Å². The smallest absolute Gasteiger partial charge is 0.217 e. The summed E-state index contributed by atoms with van der Waals surface area (Å²) < 4.78 is 0. The maximum atomic E-state index is 10.8. The lowest BCUT2D eigenvalue weighted by Crippen LogP contribution is -2.19. The van der Waals surface area contributed by atoms with E-state index in [1.807, 2.05) is 6.08 Å². The number of aliphatic hydroxyl groups excluding tert-OH is 2. The first kappa shape index (κ1) is 18.7. The van der Waals surface area contributed by atoms with E-state index in [-0.39, 0.29) is 24.0 Å². The van der Waals surface area contributed by atoms with Crippen LogP contribution in [0.1, 0.15) is 64.2 Å². The van der Waals surface area contributed by atoms with Crippen LogP contribution in [0.5, 0.6) is 0 Å². The molecule has 1 amide bonds. The number of carbonyl (C=O) groups excluding carboxylic acids is 1. The number of rotatable bonds is 8. The molecule has 0 aromatic rings. The average molecular weight is 347 g/mol. The van der Waals surface area contributed by atoms with Crippen LogP contribution in [0.25, 0.3) is 0 Å². The summed E-state index contributed by atoms with van der Waals surface area (Å²) in [7, 11) is 0. The first-order chi connectivity index (χ1) is 12.0. The summed E-state index contributed by atoms with van der Waals surface area (Å²) in [6.07, 6.45) is 15.8. The van der Waals surface area contributed by atoms with Gasteiger partial charge in [-0.1, -0.05) is 36.6 Å². The van der Waals surface area contributed by atoms with Gasteiger partial charge in [0.2, 0.25) is 5.91 Å². The third kappa shape index (κ3) is 4.73. The van der Waals surface area contributed by atoms with E-state index in [1.165, 1.54) is 18.4 Å². The highest BCUT2D eigenvalue weighted by atomic mass is 16.3. The number of hydrogen-bond acceptors (Lipinski definition) is 3. The first-order valence-corrected chi connectivity index (χ1v) is 10.1. The van der Waals surface area contributed by atoms with Crippen LogP contribution in [-0.2, 0) is 4.79 Å². The fraction of sp³-hybridized carbons (Fsp3) is 0.762. The van der Waals surface area contributed by atoms with Crippen molar-refractivity contribution in [2.45, 2.75) is 76.4 Å². The monoisotopic (exact) mass is 347 g/mol. The van der Waals surface area contributed by atoms with Gasteiger partial charge in [0.1, 0.15) is 0 Å². The maximum Gasteiger partial charge on any atom is 0.217 e. The van der Waals surface area contributed by atoms with E-state index in [2.05, 4.69) is 12.2 Å². The highest BCUT2D eigenvalue weighted by Gasteiger charge is 2.43. The zero-order chi connectivity index (χ0) is 17.8. The van der Waals surface area contributed by atoms with Gasteiger partial charge in [0.05, 0.1) is 12.2 Å². The normalized spacial score (nSPS) is 33.8. The third-order valence-electron chi connectivity index (χ3n) is 6.53. The molecule has 4 N–H and O–H groups in total. The molecular formula is C21H33NO3. The Balaban J connectivity index is 1.49. The number of hydrogen-bond donors (Lipinski definition) is 3. The molecule has 4 nitrogen and oxygen atoms in total. The Morgan fingerprint density at radius 3 is 2.80 bits per heavy atom. The van der Waals surface area contributed by atoms with Gasteiger partial charge < -0.3 is 15.9 Å². The van der Waals surface area contributed by atoms with Gasteiger partial charge in [-0.3, -0.25) is 4.79 Å². The van der Waals surface area contributed by atoms with E-state index in [9.17, 15) is 15.0 Å². The molecule has 25 heavy (non-hydrogen) atoms. The van der Waals surface area contributed by atoms with Crippen molar-refractivity contribution in [1.29, 1.82) is 0 Å². The van der Waals surface area contributed by atoms with Gasteiger partial charge in [0, 0.05) is 12.3 Å². The second kappa shape index (κ2) is 8.50. The van der Waals surface area contributed by atoms with Crippen molar-refractivity contribution in [3.63, 3.8) is 0 Å². The minimum atomic E-state index is -0.351. The zero-order valence-corrected chi connectivity index (χ0v) is 15.1. The maximum absolute atomic E-state index is 10.8. The van der Waals surface area contributed by atoms with Gasteiger partial charge in [-0.15, -0.1) is 0 Å². The summed E-state index contributed by atoms with van der Waals surface area (Å²) >= 11 is 0. The van der Waals surface area contributed by atoms with Crippen molar-refractivity contribution >= 4 is 5.91 Å². The minimum absolute atomic E-state index is 0.167. The van der Waals surface area contributed by atoms with Crippen molar-refractivity contribution in [3.8, 4) is 0 Å². The molecule has 0 radical (unpaired) electrons. The van der Waals surface area contributed by atoms with Gasteiger partial charge in [-0.2, -0.15) is 0 Å². The van der Waals surface area contributed by atoms with E-state index >= 15 is 0 Å². The lowest BCUT2D eigenvalue weighted by Gasteiger charge is -2.20. The molecule has 0 aromatic heterocycles. The largest absolute Gasteiger partial charge is 0.392 e. The summed E-state index contributed by atoms with van der Waals surface area (Å²) in [5.41, 5.74) is 6.66. The van der Waals surface area contributed by atoms with Crippen LogP contribution in [0.15, 0.2) is 23.8 Å². The van der Waals surface area contributed by atoms with Crippen molar-refractivity contribution < 1.29 is 15.0 Å². The van der Waals surface area contributed by atoms with E-state index in [0.717, 1.165) is 44.9 Å². The molecule has 0 aliphatic heterocycles. The molecule has 3 aliphatic carbocycles. The van der Waals surface area contributed by atoms with Crippen LogP contribution < -0.4 is 5.73 Å². The highest BCUT2D eigenvalue weighted by molar-refractivity contribution is 5.73. The Morgan fingerprint density at radius 2 is 2.08 bits per heavy atom. The summed E-state index contributed by atoms with van der Waals surface area (Å²) in [5.74, 6) is 1.31. The van der Waals surface area contributed by atoms with Crippen LogP contribution in [0.4, 0.5) is 0 Å². The molecule has 0 unspecified atom stereocenters. The Bertz CT molecular complexity index is 521. The number of primary amides is 1. The molecule has 3 rings (SSSR count). The number of unbranched alkanes of at least 4 members (excludes halogenated alkanes) is 1. The quantitative estimate of drug-likeness (QED) is 0.466. The standard InChI is InChI=1S/C21H33NO3/c22-21(25)8-4-1-5-14-11-16-13-20(24)17(18(16)12-14)9-10-19(23)15-6-2-3-7-15/h9-11,15-20,23-24H,1-8,12-13H2,(H2,22,25)/b10-9+/t16-,17+,18-,19+,20+/m0/s1. The zero-order valence-electron chi connectivity index (χ0n) is 15.1. The van der Waals surface area contributed by atoms with Gasteiger partial charge in [-0.25, -0.2) is 0 Å². The molecular weight excluding hydrogens is 314 g/mol. The van der Waals surface area contributed by atoms with Gasteiger partial charge in [-0.05, 0) is 62.7 Å². The summed E-state index contributed by atoms with van der Waals surface area (Å²) in [6, 6.07) is 0. The molecule has 2 fully saturated rings. The lowest BCUT2D eigenvalue weighted by molar-refractivity contribution is -0.118. The predicted octanol–water partition coefficient (Wildman–Crippen LogP) is 3.08. The van der Waals surface area contributed by atoms with Gasteiger partial charge in [0.15, 0.2) is 0 Å². The molecule has 140 valence electrons. The van der Waals surface area contributed by atoms with Crippen molar-refractivity contribution in [3.05, 3.63) is 23.8 Å². The first-order valence-electron chi connectivity index (χ1n) is 10.1. The topological polar surface area (TPSA) is 83.6 Å². The number of carbonyl (C=O) groups is 1. The molecule has 4 heteroatoms. The van der Waals surface area contributed by atoms with Crippen LogP contribution in [0, 0.1) is 23.7 Å². The summed E-state index contributed by atoms with van der Waals surface area (Å²) in [5, 5.41) is 20.8. The number of fused-ring (bicyclic) bond motifs is 1. The fourth-order valence-corrected chi connectivity index (χ4v) is 5.14. The SMILES string of the molecule is NC(=O)CCCCC1=C[C@H]2C[C@@H](O)[C@H](/C=C/[C@@H](O)C3CCCC3)[C@H]2C1. The van der Waals surface area contributed by atoms with Crippen molar-refractivity contribution in [2.24, 2.45) is 29.4 Å². The third-order valence-corrected chi connectivity index (χ3v) is 6.53. The second-order valence-electron chi connectivity index (χ2n) is 8.33. The number of allylic oxidation sites excluding steroid dienone is 2. The number of nitrogens with two attached hydrogens (primary N) is 1. The highest BCUT2D eigenvalue weighted by Crippen LogP contribution is 2.48. The minimum Gasteiger partial charge on any atom is -0.392 e. The lowest BCUT2D eigenvalue weighted by atomic mass is 9.88. The second-order valence-corrected chi connectivity index (χ2v) is 8.33. The molecule has 2 saturated carbocycles. The van der Waals surface area contributed by atoms with E-state index in [4.69, 9.17) is 5.73 Å². The van der Waals surface area contributed by atoms with Crippen LogP contribution in [-0.4, -0.2) is 28.3 Å².